The van der Waals surface area contributed by atoms with Crippen molar-refractivity contribution in [3.8, 4) is 34.4 Å². The number of amides is 3. The summed E-state index contributed by atoms with van der Waals surface area (Å²) in [5.41, 5.74) is 12.7. The normalized spacial score (nSPS) is 20.8. The Morgan fingerprint density at radius 2 is 0.750 bits per heavy atom. The first kappa shape index (κ1) is 92.3. The van der Waals surface area contributed by atoms with Gasteiger partial charge in [-0.1, -0.05) is 6.07 Å². The van der Waals surface area contributed by atoms with Gasteiger partial charge < -0.3 is 89.0 Å². The predicted octanol–water partition coefficient (Wildman–Crippen LogP) is 11.5. The molecule has 0 atom stereocenters. The molecule has 0 bridgehead atoms. The van der Waals surface area contributed by atoms with Gasteiger partial charge in [-0.05, 0) is 156 Å². The smallest absolute Gasteiger partial charge is 0.256 e. The second-order valence-corrected chi connectivity index (χ2v) is 34.9. The van der Waals surface area contributed by atoms with E-state index in [1.807, 2.05) is 24.3 Å². The quantitative estimate of drug-likeness (QED) is 0.0346. The SMILES string of the molecule is CN(C)C(=O)c1cnc(NC2CCC(Oc3cc(N4CCOCC4)cc4nccnc34)CC2)nc1.CNC(=O)c1cnc(NC2CCC(Oc3cc(N4CCOCC4)cc4nccnc34)CC2)nc1.O=C(Nc1ccccn1)C1CCC(Oc2cc(N3CCOCC3)cc3nccnc23)CC1.c1cnc2c(OC3CCC(Nc4ccc(-c5nn[nH]n5)cn4)CC3)cc(N3CCOCC3)cc2n1. The van der Waals surface area contributed by atoms with Crippen molar-refractivity contribution >= 4 is 108 Å². The molecule has 136 heavy (non-hydrogen) atoms. The molecule has 21 rings (SSSR count). The van der Waals surface area contributed by atoms with Crippen LogP contribution in [0.4, 0.5) is 46.3 Å². The van der Waals surface area contributed by atoms with Crippen LogP contribution >= 0.6 is 0 Å². The summed E-state index contributed by atoms with van der Waals surface area (Å²) >= 11 is 0. The molecule has 39 heteroatoms. The zero-order valence-electron chi connectivity index (χ0n) is 76.7. The highest BCUT2D eigenvalue weighted by molar-refractivity contribution is 5.95. The lowest BCUT2D eigenvalue weighted by molar-refractivity contribution is -0.121. The Morgan fingerprint density at radius 1 is 0.382 bits per heavy atom. The first-order valence-electron chi connectivity index (χ1n) is 47.1. The lowest BCUT2D eigenvalue weighted by Gasteiger charge is -2.31. The van der Waals surface area contributed by atoms with Gasteiger partial charge in [0, 0.05) is 237 Å². The number of hydrogen-bond donors (Lipinski definition) is 6. The summed E-state index contributed by atoms with van der Waals surface area (Å²) in [5.74, 6) is 5.93. The van der Waals surface area contributed by atoms with Gasteiger partial charge in [0.2, 0.25) is 23.6 Å². The average molecular weight is 1850 g/mol. The van der Waals surface area contributed by atoms with Crippen molar-refractivity contribution < 1.29 is 52.3 Å². The Kier molecular flexibility index (Phi) is 30.7. The van der Waals surface area contributed by atoms with E-state index < -0.39 is 0 Å². The molecule has 39 nitrogen and oxygen atoms in total. The van der Waals surface area contributed by atoms with Crippen LogP contribution in [0, 0.1) is 5.92 Å². The van der Waals surface area contributed by atoms with Crippen LogP contribution in [0.15, 0.2) is 166 Å². The molecule has 13 heterocycles. The van der Waals surface area contributed by atoms with Gasteiger partial charge in [0.15, 0.2) is 0 Å². The Morgan fingerprint density at radius 3 is 1.09 bits per heavy atom. The van der Waals surface area contributed by atoms with Crippen molar-refractivity contribution in [2.24, 2.45) is 5.92 Å². The van der Waals surface area contributed by atoms with E-state index >= 15 is 0 Å². The minimum atomic E-state index is -0.195. The maximum Gasteiger partial charge on any atom is 0.256 e. The summed E-state index contributed by atoms with van der Waals surface area (Å²) in [6.07, 6.45) is 38.4. The van der Waals surface area contributed by atoms with E-state index in [2.05, 4.69) is 185 Å². The highest BCUT2D eigenvalue weighted by atomic mass is 16.5. The number of carbonyl (C=O) groups excluding carboxylic acids is 3. The number of H-pyrrole nitrogens is 1. The van der Waals surface area contributed by atoms with Crippen LogP contribution in [-0.2, 0) is 23.7 Å². The number of nitrogens with zero attached hydrogens (tertiary/aromatic N) is 22. The summed E-state index contributed by atoms with van der Waals surface area (Å²) in [5, 5.41) is 29.8. The van der Waals surface area contributed by atoms with E-state index in [9.17, 15) is 14.4 Å². The molecule has 4 aromatic carbocycles. The molecule has 8 fully saturated rings. The number of rotatable bonds is 23. The fourth-order valence-electron chi connectivity index (χ4n) is 18.2. The van der Waals surface area contributed by atoms with Crippen molar-refractivity contribution in [3.63, 3.8) is 0 Å². The summed E-state index contributed by atoms with van der Waals surface area (Å²) in [4.78, 5) is 109. The highest BCUT2D eigenvalue weighted by Crippen LogP contribution is 2.40. The molecule has 9 aromatic heterocycles. The number of nitrogens with one attached hydrogen (secondary N) is 6. The molecule has 708 valence electrons. The molecule has 4 saturated carbocycles. The molecule has 4 aliphatic carbocycles. The monoisotopic (exact) mass is 1850 g/mol. The van der Waals surface area contributed by atoms with Crippen LogP contribution in [-0.4, -0.2) is 282 Å². The van der Waals surface area contributed by atoms with Gasteiger partial charge in [0.05, 0.1) is 110 Å². The Labute approximate surface area is 786 Å². The molecule has 4 aliphatic heterocycles. The maximum absolute atomic E-state index is 12.6. The largest absolute Gasteiger partial charge is 0.488 e. The maximum atomic E-state index is 12.6. The van der Waals surface area contributed by atoms with Crippen molar-refractivity contribution in [1.82, 2.24) is 101 Å². The number of anilines is 8. The average Bonchev–Trinajstić information content (AvgIpc) is 0.867. The summed E-state index contributed by atoms with van der Waals surface area (Å²) < 4.78 is 48.0. The van der Waals surface area contributed by atoms with Crippen LogP contribution in [0.5, 0.6) is 23.0 Å². The minimum absolute atomic E-state index is 0.0203. The van der Waals surface area contributed by atoms with Gasteiger partial charge in [0.1, 0.15) is 56.7 Å². The molecular formula is C97H114N28O11. The molecule has 0 unspecified atom stereocenters. The van der Waals surface area contributed by atoms with Gasteiger partial charge in [-0.25, -0.2) is 49.8 Å². The fourth-order valence-corrected chi connectivity index (χ4v) is 18.2. The van der Waals surface area contributed by atoms with Crippen molar-refractivity contribution in [2.45, 2.75) is 145 Å². The molecule has 13 aromatic rings. The van der Waals surface area contributed by atoms with Crippen molar-refractivity contribution in [3.05, 3.63) is 177 Å². The second kappa shape index (κ2) is 45.2. The van der Waals surface area contributed by atoms with E-state index in [1.165, 1.54) is 17.3 Å². The Hall–Kier alpha value is -14.2. The van der Waals surface area contributed by atoms with Gasteiger partial charge in [-0.15, -0.1) is 10.2 Å². The van der Waals surface area contributed by atoms with E-state index in [-0.39, 0.29) is 60.1 Å². The van der Waals surface area contributed by atoms with E-state index in [4.69, 9.17) is 37.9 Å². The van der Waals surface area contributed by atoms with Gasteiger partial charge in [0.25, 0.3) is 11.8 Å². The van der Waals surface area contributed by atoms with Crippen molar-refractivity contribution in [1.29, 1.82) is 0 Å². The third-order valence-corrected chi connectivity index (χ3v) is 25.6. The summed E-state index contributed by atoms with van der Waals surface area (Å²) in [7, 11) is 5.01. The van der Waals surface area contributed by atoms with Crippen LogP contribution in [0.2, 0.25) is 0 Å². The first-order valence-corrected chi connectivity index (χ1v) is 47.1. The van der Waals surface area contributed by atoms with Gasteiger partial charge >= 0.3 is 0 Å². The topological polar surface area (TPSA) is 436 Å². The number of pyridine rings is 2. The molecule has 8 aliphatic rings. The number of fused-ring (bicyclic) bond motifs is 4. The fraction of sp³-hybridized carbons (Fsp3) is 0.443. The molecule has 6 N–H and O–H groups in total. The van der Waals surface area contributed by atoms with E-state index in [0.717, 1.165) is 309 Å². The third-order valence-electron chi connectivity index (χ3n) is 25.6. The number of carbonyl (C=O) groups is 3. The number of aromatic nitrogens is 18. The summed E-state index contributed by atoms with van der Waals surface area (Å²) in [6.45, 7) is 12.7. The Balaban J connectivity index is 0.000000121. The number of benzene rings is 4. The van der Waals surface area contributed by atoms with Crippen LogP contribution < -0.4 is 65.1 Å². The van der Waals surface area contributed by atoms with Crippen LogP contribution in [0.3, 0.4) is 0 Å². The lowest BCUT2D eigenvalue weighted by Crippen LogP contribution is -2.36. The van der Waals surface area contributed by atoms with Gasteiger partial charge in [-0.3, -0.25) is 34.3 Å². The number of ether oxygens (including phenoxy) is 8. The number of tetrazole rings is 1. The molecule has 4 saturated heterocycles. The van der Waals surface area contributed by atoms with Crippen molar-refractivity contribution in [2.75, 3.05) is 167 Å². The molecular weight excluding hydrogens is 1730 g/mol. The van der Waals surface area contributed by atoms with E-state index in [1.54, 1.807) is 102 Å². The van der Waals surface area contributed by atoms with E-state index in [0.29, 0.717) is 40.7 Å². The summed E-state index contributed by atoms with van der Waals surface area (Å²) in [6, 6.07) is 27.0. The molecule has 0 radical (unpaired) electrons. The number of morpholine rings is 4. The standard InChI is InChI=1S/C25H31N7O3.C24H27N9O2.C24H29N7O3.C24H27N5O3/c1-31(2)24(33)17-15-28-25(29-16-17)30-18-3-5-20(6-4-18)35-22-14-19(32-9-11-34-12-10-32)13-21-23(22)27-8-7-26-21;1-6-22(27-15-16(1)24-29-31-32-30-24)28-17-2-4-19(5-3-17)35-21-14-18(33-9-11-34-12-10-33)13-20-23(21)26-8-7-25-20;1-25-23(32)16-14-28-24(29-15-16)30-17-2-4-19(5-3-17)34-21-13-18(31-8-10-33-11-9-31)12-20-22(21)27-7-6-26-20;30-24(28-22-3-1-2-8-26-22)17-4-6-19(7-5-17)32-21-16-18(29-11-13-31-14-12-29)15-20-23(21)27-10-9-25-20/h7-8,13-16,18,20H,3-6,9-12H2,1-2H3,(H,28,29,30);1,6-8,13-15,17,19H,2-5,9-12H2,(H,27,28)(H,29,30,31,32);6-7,12-15,17,19H,2-5,8-11H2,1H3,(H,25,32)(H,28,29,30);1-3,8-10,15-17,19H,4-7,11-14H2,(H,26,28,30). The second-order valence-electron chi connectivity index (χ2n) is 34.9. The van der Waals surface area contributed by atoms with Gasteiger partial charge in [-0.2, -0.15) is 5.21 Å². The highest BCUT2D eigenvalue weighted by Gasteiger charge is 2.33. The minimum Gasteiger partial charge on any atom is -0.488 e. The lowest BCUT2D eigenvalue weighted by atomic mass is 9.86. The molecule has 0 spiro atoms. The third kappa shape index (κ3) is 24.1. The van der Waals surface area contributed by atoms with Crippen LogP contribution in [0.25, 0.3) is 55.5 Å². The zero-order chi connectivity index (χ0) is 92.7. The number of hydrogen-bond acceptors (Lipinski definition) is 35. The predicted molar refractivity (Wildman–Crippen MR) is 513 cm³/mol. The Bertz CT molecular complexity index is 6070. The first-order chi connectivity index (χ1) is 66.8. The molecule has 3 amide bonds. The number of aromatic amines is 1. The zero-order valence-corrected chi connectivity index (χ0v) is 76.7. The van der Waals surface area contributed by atoms with Crippen LogP contribution in [0.1, 0.15) is 123 Å².